The molecule has 106 valence electrons. The molecule has 0 radical (unpaired) electrons. The molecule has 0 aliphatic carbocycles. The molecule has 20 heavy (non-hydrogen) atoms. The van der Waals surface area contributed by atoms with E-state index in [0.717, 1.165) is 0 Å². The van der Waals surface area contributed by atoms with Gasteiger partial charge in [-0.15, -0.1) is 0 Å². The molecule has 1 aromatic heterocycles. The highest BCUT2D eigenvalue weighted by atomic mass is 35.5. The van der Waals surface area contributed by atoms with Crippen LogP contribution in [0.15, 0.2) is 23.0 Å². The molecule has 4 nitrogen and oxygen atoms in total. The van der Waals surface area contributed by atoms with Gasteiger partial charge in [-0.1, -0.05) is 35.9 Å². The van der Waals surface area contributed by atoms with Gasteiger partial charge in [-0.05, 0) is 18.6 Å². The van der Waals surface area contributed by atoms with Gasteiger partial charge in [0.05, 0.1) is 6.54 Å². The first-order valence-electron chi connectivity index (χ1n) is 5.84. The molecule has 0 saturated carbocycles. The first-order chi connectivity index (χ1) is 9.45. The predicted molar refractivity (Wildman–Crippen MR) is 75.4 cm³/mol. The second kappa shape index (κ2) is 5.76. The van der Waals surface area contributed by atoms with Crippen molar-refractivity contribution >= 4 is 28.9 Å². The highest BCUT2D eigenvalue weighted by molar-refractivity contribution is 7.11. The van der Waals surface area contributed by atoms with Gasteiger partial charge in [0, 0.05) is 16.3 Å². The largest absolute Gasteiger partial charge is 0.477 e. The van der Waals surface area contributed by atoms with Crippen molar-refractivity contribution in [2.75, 3.05) is 0 Å². The molecule has 7 heteroatoms. The lowest BCUT2D eigenvalue weighted by Gasteiger charge is -2.09. The van der Waals surface area contributed by atoms with Crippen LogP contribution in [0.2, 0.25) is 5.02 Å². The Morgan fingerprint density at radius 2 is 2.20 bits per heavy atom. The number of carbonyl (C=O) groups is 1. The molecule has 1 N–H and O–H groups in total. The SMILES string of the molecule is CCc1c(C(=O)O)sc(=O)n1Cc1c(F)cccc1Cl. The summed E-state index contributed by atoms with van der Waals surface area (Å²) in [7, 11) is 0. The monoisotopic (exact) mass is 315 g/mol. The molecule has 0 fully saturated rings. The number of aromatic nitrogens is 1. The first kappa shape index (κ1) is 14.7. The average molecular weight is 316 g/mol. The number of carboxylic acid groups (broad SMARTS) is 1. The summed E-state index contributed by atoms with van der Waals surface area (Å²) in [5.41, 5.74) is 0.563. The molecule has 1 aromatic carbocycles. The number of thiazole rings is 1. The van der Waals surface area contributed by atoms with Crippen molar-refractivity contribution in [2.24, 2.45) is 0 Å². The van der Waals surface area contributed by atoms with Crippen molar-refractivity contribution in [2.45, 2.75) is 19.9 Å². The second-order valence-electron chi connectivity index (χ2n) is 4.09. The Kier molecular flexibility index (Phi) is 4.25. The number of carboxylic acids is 1. The molecular weight excluding hydrogens is 305 g/mol. The van der Waals surface area contributed by atoms with Crippen molar-refractivity contribution in [3.8, 4) is 0 Å². The van der Waals surface area contributed by atoms with Gasteiger partial charge in [0.25, 0.3) is 0 Å². The van der Waals surface area contributed by atoms with Crippen molar-refractivity contribution in [3.05, 3.63) is 54.8 Å². The molecule has 1 heterocycles. The minimum Gasteiger partial charge on any atom is -0.477 e. The molecular formula is C13H11ClFNO3S. The summed E-state index contributed by atoms with van der Waals surface area (Å²) < 4.78 is 15.0. The zero-order valence-electron chi connectivity index (χ0n) is 10.5. The van der Waals surface area contributed by atoms with Crippen molar-refractivity contribution < 1.29 is 14.3 Å². The molecule has 0 atom stereocenters. The normalized spacial score (nSPS) is 10.8. The van der Waals surface area contributed by atoms with E-state index < -0.39 is 16.7 Å². The van der Waals surface area contributed by atoms with E-state index in [4.69, 9.17) is 16.7 Å². The lowest BCUT2D eigenvalue weighted by Crippen LogP contribution is -2.18. The van der Waals surface area contributed by atoms with E-state index in [2.05, 4.69) is 0 Å². The van der Waals surface area contributed by atoms with E-state index in [1.807, 2.05) is 0 Å². The van der Waals surface area contributed by atoms with Gasteiger partial charge in [0.2, 0.25) is 0 Å². The Morgan fingerprint density at radius 3 is 2.75 bits per heavy atom. The fourth-order valence-corrected chi connectivity index (χ4v) is 3.10. The van der Waals surface area contributed by atoms with E-state index in [-0.39, 0.29) is 22.0 Å². The summed E-state index contributed by atoms with van der Waals surface area (Å²) in [4.78, 5) is 22.6. The van der Waals surface area contributed by atoms with Crippen LogP contribution in [-0.4, -0.2) is 15.6 Å². The predicted octanol–water partition coefficient (Wildman–Crippen LogP) is 3.01. The third-order valence-electron chi connectivity index (χ3n) is 2.90. The summed E-state index contributed by atoms with van der Waals surface area (Å²) in [6.07, 6.45) is 0.368. The molecule has 0 spiro atoms. The number of benzene rings is 1. The van der Waals surface area contributed by atoms with Crippen LogP contribution in [0.25, 0.3) is 0 Å². The summed E-state index contributed by atoms with van der Waals surface area (Å²) in [5.74, 6) is -1.67. The van der Waals surface area contributed by atoms with Crippen LogP contribution in [-0.2, 0) is 13.0 Å². The van der Waals surface area contributed by atoms with E-state index in [9.17, 15) is 14.0 Å². The van der Waals surface area contributed by atoms with Gasteiger partial charge >= 0.3 is 10.8 Å². The van der Waals surface area contributed by atoms with Crippen molar-refractivity contribution in [3.63, 3.8) is 0 Å². The zero-order valence-corrected chi connectivity index (χ0v) is 12.1. The number of rotatable bonds is 4. The van der Waals surface area contributed by atoms with Crippen LogP contribution in [0.1, 0.15) is 27.9 Å². The summed E-state index contributed by atoms with van der Waals surface area (Å²) >= 11 is 6.58. The maximum atomic E-state index is 13.8. The third-order valence-corrected chi connectivity index (χ3v) is 4.27. The maximum Gasteiger partial charge on any atom is 0.347 e. The van der Waals surface area contributed by atoms with Gasteiger partial charge in [-0.2, -0.15) is 0 Å². The highest BCUT2D eigenvalue weighted by Crippen LogP contribution is 2.22. The third kappa shape index (κ3) is 2.62. The minimum atomic E-state index is -1.15. The summed E-state index contributed by atoms with van der Waals surface area (Å²) in [6, 6.07) is 4.25. The van der Waals surface area contributed by atoms with E-state index in [1.54, 1.807) is 6.92 Å². The zero-order chi connectivity index (χ0) is 14.9. The maximum absolute atomic E-state index is 13.8. The van der Waals surface area contributed by atoms with E-state index in [0.29, 0.717) is 23.5 Å². The Balaban J connectivity index is 2.54. The smallest absolute Gasteiger partial charge is 0.347 e. The van der Waals surface area contributed by atoms with Gasteiger partial charge in [0.1, 0.15) is 10.7 Å². The van der Waals surface area contributed by atoms with Crippen molar-refractivity contribution in [1.29, 1.82) is 0 Å². The fraction of sp³-hybridized carbons (Fsp3) is 0.231. The molecule has 0 amide bonds. The lowest BCUT2D eigenvalue weighted by atomic mass is 10.2. The molecule has 0 aliphatic heterocycles. The van der Waals surface area contributed by atoms with Crippen LogP contribution >= 0.6 is 22.9 Å². The van der Waals surface area contributed by atoms with Gasteiger partial charge in [-0.3, -0.25) is 9.36 Å². The highest BCUT2D eigenvalue weighted by Gasteiger charge is 2.20. The van der Waals surface area contributed by atoms with Gasteiger partial charge in [-0.25, -0.2) is 9.18 Å². The quantitative estimate of drug-likeness (QED) is 0.943. The van der Waals surface area contributed by atoms with Crippen LogP contribution in [0.4, 0.5) is 4.39 Å². The number of halogens is 2. The van der Waals surface area contributed by atoms with Crippen LogP contribution < -0.4 is 4.87 Å². The second-order valence-corrected chi connectivity index (χ2v) is 5.46. The Bertz CT molecular complexity index is 703. The van der Waals surface area contributed by atoms with Gasteiger partial charge in [0.15, 0.2) is 0 Å². The molecule has 2 rings (SSSR count). The number of hydrogen-bond donors (Lipinski definition) is 1. The minimum absolute atomic E-state index is 0.00929. The van der Waals surface area contributed by atoms with E-state index in [1.165, 1.54) is 22.8 Å². The summed E-state index contributed by atoms with van der Waals surface area (Å²) in [5, 5.41) is 9.28. The number of nitrogens with zero attached hydrogens (tertiary/aromatic N) is 1. The molecule has 0 saturated heterocycles. The molecule has 0 bridgehead atoms. The Labute approximate surface area is 123 Å². The molecule has 2 aromatic rings. The fourth-order valence-electron chi connectivity index (χ4n) is 1.95. The molecule has 0 unspecified atom stereocenters. The van der Waals surface area contributed by atoms with Crippen molar-refractivity contribution in [1.82, 2.24) is 4.57 Å². The van der Waals surface area contributed by atoms with Crippen LogP contribution in [0.3, 0.4) is 0 Å². The average Bonchev–Trinajstić information content (AvgIpc) is 2.71. The Hall–Kier alpha value is -1.66. The summed E-state index contributed by atoms with van der Waals surface area (Å²) in [6.45, 7) is 1.67. The Morgan fingerprint density at radius 1 is 1.50 bits per heavy atom. The molecule has 0 aliphatic rings. The van der Waals surface area contributed by atoms with E-state index >= 15 is 0 Å². The lowest BCUT2D eigenvalue weighted by molar-refractivity contribution is 0.0700. The standard InChI is InChI=1S/C13H11ClFNO3S/c1-2-10-11(12(17)18)20-13(19)16(10)6-7-8(14)4-3-5-9(7)15/h3-5H,2,6H2,1H3,(H,17,18). The van der Waals surface area contributed by atoms with Gasteiger partial charge < -0.3 is 5.11 Å². The first-order valence-corrected chi connectivity index (χ1v) is 7.03. The topological polar surface area (TPSA) is 59.3 Å². The van der Waals surface area contributed by atoms with Crippen LogP contribution in [0.5, 0.6) is 0 Å². The number of aromatic carboxylic acids is 1. The number of hydrogen-bond acceptors (Lipinski definition) is 3. The van der Waals surface area contributed by atoms with Crippen LogP contribution in [0, 0.1) is 5.82 Å².